The molecule has 12 heteroatoms. The fourth-order valence-electron chi connectivity index (χ4n) is 8.42. The molecule has 2 aliphatic rings. The molecule has 178 valence electrons. The summed E-state index contributed by atoms with van der Waals surface area (Å²) in [5, 5.41) is -0.291. The lowest BCUT2D eigenvalue weighted by Gasteiger charge is -2.82. The molecule has 0 aromatic heterocycles. The van der Waals surface area contributed by atoms with Crippen LogP contribution in [-0.4, -0.2) is 74.4 Å². The molecule has 2 fully saturated rings. The predicted octanol–water partition coefficient (Wildman–Crippen LogP) is 6.41. The van der Waals surface area contributed by atoms with Crippen molar-refractivity contribution in [2.75, 3.05) is 0 Å². The zero-order chi connectivity index (χ0) is 24.3. The molecule has 0 radical (unpaired) electrons. The van der Waals surface area contributed by atoms with E-state index in [-0.39, 0.29) is 5.04 Å². The van der Waals surface area contributed by atoms with Gasteiger partial charge in [-0.2, -0.15) is 0 Å². The second kappa shape index (κ2) is 6.92. The van der Waals surface area contributed by atoms with E-state index in [4.69, 9.17) is 0 Å². The van der Waals surface area contributed by atoms with E-state index in [2.05, 4.69) is 128 Å². The molecule has 30 heavy (non-hydrogen) atoms. The largest absolute Gasteiger partial charge is 0.383 e. The van der Waals surface area contributed by atoms with Crippen molar-refractivity contribution in [3.63, 3.8) is 0 Å². The van der Waals surface area contributed by atoms with Crippen molar-refractivity contribution in [3.8, 4) is 0 Å². The summed E-state index contributed by atoms with van der Waals surface area (Å²) < 4.78 is 29.0. The van der Waals surface area contributed by atoms with Gasteiger partial charge in [0.25, 0.3) is 0 Å². The molecule has 2 saturated heterocycles. The normalized spacial score (nSPS) is 31.4. The van der Waals surface area contributed by atoms with Gasteiger partial charge >= 0.3 is 8.73 Å². The Bertz CT molecular complexity index is 693. The van der Waals surface area contributed by atoms with Gasteiger partial charge in [0.15, 0.2) is 33.6 Å². The van der Waals surface area contributed by atoms with Crippen molar-refractivity contribution in [3.05, 3.63) is 0 Å². The Kier molecular flexibility index (Phi) is 6.35. The van der Waals surface area contributed by atoms with Gasteiger partial charge in [-0.05, 0) is 52.4 Å². The van der Waals surface area contributed by atoms with Gasteiger partial charge in [-0.1, -0.05) is 60.1 Å². The molecule has 0 spiro atoms. The molecule has 0 aromatic rings. The third-order valence-electron chi connectivity index (χ3n) is 7.27. The van der Waals surface area contributed by atoms with Crippen LogP contribution in [0.5, 0.6) is 0 Å². The van der Waals surface area contributed by atoms with Crippen molar-refractivity contribution < 1.29 is 4.11 Å². The predicted molar refractivity (Wildman–Crippen MR) is 151 cm³/mol. The smallest absolute Gasteiger partial charge is 0.346 e. The number of halogens is 1. The first-order valence-corrected chi connectivity index (χ1v) is 31.9. The Morgan fingerprint density at radius 2 is 0.833 bits per heavy atom. The van der Waals surface area contributed by atoms with Crippen LogP contribution in [0.3, 0.4) is 0 Å². The zero-order valence-electron chi connectivity index (χ0n) is 23.2. The van der Waals surface area contributed by atoms with Gasteiger partial charge in [0.1, 0.15) is 16.5 Å². The molecule has 2 aliphatic heterocycles. The van der Waals surface area contributed by atoms with Gasteiger partial charge in [0, 0.05) is 5.04 Å². The van der Waals surface area contributed by atoms with Crippen molar-refractivity contribution in [1.82, 2.24) is 15.6 Å². The first-order chi connectivity index (χ1) is 12.7. The van der Waals surface area contributed by atoms with E-state index in [1.807, 2.05) is 0 Å². The fraction of sp³-hybridized carbons (Fsp3) is 1.00. The second-order valence-corrected chi connectivity index (χ2v) is 48.5. The highest BCUT2D eigenvalue weighted by atomic mass is 28.6. The molecule has 0 saturated carbocycles. The molecule has 4 nitrogen and oxygen atoms in total. The summed E-state index contributed by atoms with van der Waals surface area (Å²) in [5.74, 6) is 0. The van der Waals surface area contributed by atoms with Crippen LogP contribution in [-0.2, 0) is 0 Å². The van der Waals surface area contributed by atoms with E-state index in [0.717, 1.165) is 0 Å². The van der Waals surface area contributed by atoms with Crippen molar-refractivity contribution in [1.29, 1.82) is 0 Å². The van der Waals surface area contributed by atoms with Crippen LogP contribution in [0.1, 0.15) is 20.8 Å². The maximum atomic E-state index is 17.7. The lowest BCUT2D eigenvalue weighted by Crippen LogP contribution is -3.06. The molecular formula is C18H51FN4Si7. The van der Waals surface area contributed by atoms with E-state index >= 15 is 4.11 Å². The topological polar surface area (TPSA) is 13.0 Å². The quantitative estimate of drug-likeness (QED) is 0.303. The summed E-state index contributed by atoms with van der Waals surface area (Å²) in [6.07, 6.45) is 0. The standard InChI is InChI=1S/C18H51FN4Si7/c1-18(2,3)30(19)21(25(7,8)9)28(14,15)23(30)29(16,17)22-26(10,11)20(24(4,5)6)27(22,12)13/h1-17H3. The Hall–Kier alpha value is 1.29. The second-order valence-electron chi connectivity index (χ2n) is 14.5. The third kappa shape index (κ3) is 3.46. The van der Waals surface area contributed by atoms with Crippen LogP contribution in [0.2, 0.25) is 96.7 Å². The molecular weight excluding hydrogens is 488 g/mol. The molecule has 2 rings (SSSR count). The number of hydrogen-bond acceptors (Lipinski definition) is 4. The van der Waals surface area contributed by atoms with Crippen LogP contribution in [0.15, 0.2) is 0 Å². The van der Waals surface area contributed by atoms with Gasteiger partial charge in [-0.15, -0.1) is 0 Å². The van der Waals surface area contributed by atoms with Crippen molar-refractivity contribution >= 4 is 58.8 Å². The van der Waals surface area contributed by atoms with Crippen LogP contribution >= 0.6 is 0 Å². The Labute approximate surface area is 195 Å². The highest BCUT2D eigenvalue weighted by Gasteiger charge is 2.81. The van der Waals surface area contributed by atoms with Crippen LogP contribution < -0.4 is 0 Å². The molecule has 0 aromatic carbocycles. The van der Waals surface area contributed by atoms with E-state index in [1.54, 1.807) is 0 Å². The zero-order valence-corrected chi connectivity index (χ0v) is 30.2. The van der Waals surface area contributed by atoms with Crippen molar-refractivity contribution in [2.24, 2.45) is 0 Å². The maximum Gasteiger partial charge on any atom is 0.383 e. The molecule has 1 atom stereocenters. The van der Waals surface area contributed by atoms with Crippen LogP contribution in [0, 0.1) is 0 Å². The van der Waals surface area contributed by atoms with E-state index < -0.39 is 58.8 Å². The van der Waals surface area contributed by atoms with Crippen LogP contribution in [0.4, 0.5) is 4.11 Å². The molecule has 0 amide bonds. The Morgan fingerprint density at radius 3 is 1.10 bits per heavy atom. The molecule has 0 aliphatic carbocycles. The van der Waals surface area contributed by atoms with Crippen LogP contribution in [0.25, 0.3) is 0 Å². The van der Waals surface area contributed by atoms with Gasteiger partial charge in [-0.3, -0.25) is 4.11 Å². The highest BCUT2D eigenvalue weighted by molar-refractivity contribution is 7.25. The van der Waals surface area contributed by atoms with E-state index in [9.17, 15) is 0 Å². The van der Waals surface area contributed by atoms with E-state index in [0.29, 0.717) is 0 Å². The number of nitrogens with zero attached hydrogens (tertiary/aromatic N) is 4. The first-order valence-electron chi connectivity index (χ1n) is 11.6. The minimum absolute atomic E-state index is 0.291. The molecule has 2 heterocycles. The van der Waals surface area contributed by atoms with Gasteiger partial charge < -0.3 is 15.6 Å². The lowest BCUT2D eigenvalue weighted by molar-refractivity contribution is 0.399. The summed E-state index contributed by atoms with van der Waals surface area (Å²) in [5.41, 5.74) is 0. The summed E-state index contributed by atoms with van der Waals surface area (Å²) in [6.45, 7) is 41.4. The fourth-order valence-corrected chi connectivity index (χ4v) is 83.0. The van der Waals surface area contributed by atoms with Gasteiger partial charge in [0.05, 0.1) is 0 Å². The maximum absolute atomic E-state index is 17.7. The number of hydrogen-bond donors (Lipinski definition) is 0. The third-order valence-corrected chi connectivity index (χ3v) is 59.7. The van der Waals surface area contributed by atoms with Gasteiger partial charge in [0.2, 0.25) is 0 Å². The summed E-state index contributed by atoms with van der Waals surface area (Å²) in [7, 11) is -14.0. The lowest BCUT2D eigenvalue weighted by atomic mass is 10.3. The summed E-state index contributed by atoms with van der Waals surface area (Å²) >= 11 is 0. The van der Waals surface area contributed by atoms with Gasteiger partial charge in [-0.25, -0.2) is 0 Å². The molecule has 1 unspecified atom stereocenters. The highest BCUT2D eigenvalue weighted by Crippen LogP contribution is 2.59. The average molecular weight is 539 g/mol. The summed E-state index contributed by atoms with van der Waals surface area (Å²) in [4.78, 5) is 0. The Morgan fingerprint density at radius 1 is 0.533 bits per heavy atom. The molecule has 0 N–H and O–H groups in total. The van der Waals surface area contributed by atoms with Crippen molar-refractivity contribution in [2.45, 2.75) is 117 Å². The monoisotopic (exact) mass is 538 g/mol. The first kappa shape index (κ1) is 27.5. The molecule has 0 bridgehead atoms. The summed E-state index contributed by atoms with van der Waals surface area (Å²) in [6, 6.07) is 0. The minimum atomic E-state index is -3.25. The average Bonchev–Trinajstić information content (AvgIpc) is 2.26. The Balaban J connectivity index is 2.67. The minimum Gasteiger partial charge on any atom is -0.346 e. The van der Waals surface area contributed by atoms with E-state index in [1.165, 1.54) is 0 Å². The number of rotatable bonds is 4. The SMILES string of the molecule is CC(C)(C)[Si]1(F)N([Si](C)(C)C)[Si](C)(C)N1[Si](C)(C)N1[Si](C)(C)N([Si](C)(C)C)[Si]1(C)C.